The highest BCUT2D eigenvalue weighted by molar-refractivity contribution is 5.35. The molecule has 1 aliphatic rings. The fraction of sp³-hybridized carbons (Fsp3) is 0.438. The number of aromatic nitrogens is 2. The summed E-state index contributed by atoms with van der Waals surface area (Å²) in [5.41, 5.74) is 3.87. The van der Waals surface area contributed by atoms with E-state index in [9.17, 15) is 0 Å². The SMILES string of the molecule is Cc1ccc(-n2nccc2C2CCCCC2)cc1. The Labute approximate surface area is 109 Å². The second-order valence-electron chi connectivity index (χ2n) is 5.34. The molecular weight excluding hydrogens is 220 g/mol. The highest BCUT2D eigenvalue weighted by Crippen LogP contribution is 2.33. The molecule has 1 fully saturated rings. The molecule has 0 aliphatic heterocycles. The molecule has 18 heavy (non-hydrogen) atoms. The third kappa shape index (κ3) is 2.20. The van der Waals surface area contributed by atoms with E-state index >= 15 is 0 Å². The maximum atomic E-state index is 4.51. The zero-order chi connectivity index (χ0) is 12.4. The summed E-state index contributed by atoms with van der Waals surface area (Å²) in [6.07, 6.45) is 8.70. The third-order valence-electron chi connectivity index (χ3n) is 3.97. The van der Waals surface area contributed by atoms with Crippen molar-refractivity contribution in [2.45, 2.75) is 44.9 Å². The van der Waals surface area contributed by atoms with Gasteiger partial charge in [-0.2, -0.15) is 5.10 Å². The standard InChI is InChI=1S/C16H20N2/c1-13-7-9-15(10-8-13)18-16(11-12-17-18)14-5-3-2-4-6-14/h7-12,14H,2-6H2,1H3. The van der Waals surface area contributed by atoms with E-state index in [1.807, 2.05) is 6.20 Å². The van der Waals surface area contributed by atoms with Crippen molar-refractivity contribution in [2.24, 2.45) is 0 Å². The van der Waals surface area contributed by atoms with Crippen molar-refractivity contribution in [3.05, 3.63) is 47.8 Å². The average Bonchev–Trinajstić information content (AvgIpc) is 2.90. The fourth-order valence-corrected chi connectivity index (χ4v) is 2.92. The minimum absolute atomic E-state index is 0.697. The summed E-state index contributed by atoms with van der Waals surface area (Å²) in [4.78, 5) is 0. The molecule has 0 unspecified atom stereocenters. The molecule has 2 heteroatoms. The van der Waals surface area contributed by atoms with E-state index in [0.717, 1.165) is 0 Å². The van der Waals surface area contributed by atoms with Crippen molar-refractivity contribution in [3.63, 3.8) is 0 Å². The third-order valence-corrected chi connectivity index (χ3v) is 3.97. The van der Waals surface area contributed by atoms with Gasteiger partial charge >= 0.3 is 0 Å². The molecule has 1 saturated carbocycles. The van der Waals surface area contributed by atoms with Crippen LogP contribution in [0, 0.1) is 6.92 Å². The number of hydrogen-bond acceptors (Lipinski definition) is 1. The lowest BCUT2D eigenvalue weighted by molar-refractivity contribution is 0.430. The van der Waals surface area contributed by atoms with Crippen molar-refractivity contribution < 1.29 is 0 Å². The molecule has 0 saturated heterocycles. The first-order valence-corrected chi connectivity index (χ1v) is 6.95. The lowest BCUT2D eigenvalue weighted by Gasteiger charge is -2.22. The Hall–Kier alpha value is -1.57. The average molecular weight is 240 g/mol. The lowest BCUT2D eigenvalue weighted by Crippen LogP contribution is -2.10. The maximum absolute atomic E-state index is 4.51. The Bertz CT molecular complexity index is 504. The van der Waals surface area contributed by atoms with Crippen LogP contribution in [-0.4, -0.2) is 9.78 Å². The van der Waals surface area contributed by atoms with E-state index in [1.54, 1.807) is 0 Å². The van der Waals surface area contributed by atoms with Gasteiger partial charge in [-0.05, 0) is 38.0 Å². The number of benzene rings is 1. The minimum atomic E-state index is 0.697. The molecule has 0 N–H and O–H groups in total. The molecule has 2 aromatic rings. The highest BCUT2D eigenvalue weighted by atomic mass is 15.3. The van der Waals surface area contributed by atoms with Gasteiger partial charge in [-0.15, -0.1) is 0 Å². The van der Waals surface area contributed by atoms with Gasteiger partial charge in [-0.3, -0.25) is 0 Å². The first kappa shape index (κ1) is 11.5. The molecule has 94 valence electrons. The second kappa shape index (κ2) is 4.97. The predicted molar refractivity (Wildman–Crippen MR) is 74.1 cm³/mol. The highest BCUT2D eigenvalue weighted by Gasteiger charge is 2.19. The molecule has 1 aromatic heterocycles. The van der Waals surface area contributed by atoms with Gasteiger partial charge in [0.05, 0.1) is 5.69 Å². The van der Waals surface area contributed by atoms with Crippen molar-refractivity contribution in [2.75, 3.05) is 0 Å². The Kier molecular flexibility index (Phi) is 3.18. The Morgan fingerprint density at radius 1 is 1.00 bits per heavy atom. The molecule has 0 radical (unpaired) electrons. The van der Waals surface area contributed by atoms with Crippen LogP contribution in [0.15, 0.2) is 36.5 Å². The van der Waals surface area contributed by atoms with Crippen LogP contribution >= 0.6 is 0 Å². The summed E-state index contributed by atoms with van der Waals surface area (Å²) in [5, 5.41) is 4.51. The van der Waals surface area contributed by atoms with Crippen molar-refractivity contribution in [1.82, 2.24) is 9.78 Å². The Morgan fingerprint density at radius 2 is 1.72 bits per heavy atom. The number of aryl methyl sites for hydroxylation is 1. The topological polar surface area (TPSA) is 17.8 Å². The van der Waals surface area contributed by atoms with Gasteiger partial charge < -0.3 is 0 Å². The van der Waals surface area contributed by atoms with Crippen LogP contribution in [-0.2, 0) is 0 Å². The van der Waals surface area contributed by atoms with E-state index in [1.165, 1.54) is 49.0 Å². The molecule has 0 atom stereocenters. The van der Waals surface area contributed by atoms with Crippen LogP contribution in [0.2, 0.25) is 0 Å². The number of rotatable bonds is 2. The van der Waals surface area contributed by atoms with Gasteiger partial charge in [0.15, 0.2) is 0 Å². The fourth-order valence-electron chi connectivity index (χ4n) is 2.92. The first-order chi connectivity index (χ1) is 8.84. The van der Waals surface area contributed by atoms with Gasteiger partial charge in [0.25, 0.3) is 0 Å². The summed E-state index contributed by atoms with van der Waals surface area (Å²) < 4.78 is 2.12. The molecule has 0 spiro atoms. The second-order valence-corrected chi connectivity index (χ2v) is 5.34. The van der Waals surface area contributed by atoms with Crippen molar-refractivity contribution in [1.29, 1.82) is 0 Å². The van der Waals surface area contributed by atoms with Crippen LogP contribution in [0.1, 0.15) is 49.3 Å². The monoisotopic (exact) mass is 240 g/mol. The van der Waals surface area contributed by atoms with E-state index in [4.69, 9.17) is 0 Å². The summed E-state index contributed by atoms with van der Waals surface area (Å²) in [5.74, 6) is 0.697. The van der Waals surface area contributed by atoms with Gasteiger partial charge in [0.2, 0.25) is 0 Å². The van der Waals surface area contributed by atoms with Crippen LogP contribution in [0.3, 0.4) is 0 Å². The quantitative estimate of drug-likeness (QED) is 0.768. The lowest BCUT2D eigenvalue weighted by atomic mass is 9.87. The zero-order valence-corrected chi connectivity index (χ0v) is 11.0. The summed E-state index contributed by atoms with van der Waals surface area (Å²) >= 11 is 0. The normalized spacial score (nSPS) is 16.9. The summed E-state index contributed by atoms with van der Waals surface area (Å²) in [6, 6.07) is 10.8. The van der Waals surface area contributed by atoms with E-state index < -0.39 is 0 Å². The van der Waals surface area contributed by atoms with Gasteiger partial charge in [0, 0.05) is 17.8 Å². The molecular formula is C16H20N2. The van der Waals surface area contributed by atoms with Crippen LogP contribution in [0.4, 0.5) is 0 Å². The number of nitrogens with zero attached hydrogens (tertiary/aromatic N) is 2. The van der Waals surface area contributed by atoms with Crippen molar-refractivity contribution >= 4 is 0 Å². The summed E-state index contributed by atoms with van der Waals surface area (Å²) in [6.45, 7) is 2.12. The molecule has 1 aliphatic carbocycles. The van der Waals surface area contributed by atoms with E-state index in [2.05, 4.69) is 47.0 Å². The largest absolute Gasteiger partial charge is 0.238 e. The molecule has 0 amide bonds. The van der Waals surface area contributed by atoms with Crippen LogP contribution < -0.4 is 0 Å². The summed E-state index contributed by atoms with van der Waals surface area (Å²) in [7, 11) is 0. The van der Waals surface area contributed by atoms with Gasteiger partial charge in [-0.1, -0.05) is 37.0 Å². The van der Waals surface area contributed by atoms with E-state index in [0.29, 0.717) is 5.92 Å². The molecule has 1 heterocycles. The Balaban J connectivity index is 1.93. The predicted octanol–water partition coefficient (Wildman–Crippen LogP) is 4.23. The van der Waals surface area contributed by atoms with Gasteiger partial charge in [-0.25, -0.2) is 4.68 Å². The molecule has 2 nitrogen and oxygen atoms in total. The molecule has 0 bridgehead atoms. The zero-order valence-electron chi connectivity index (χ0n) is 11.0. The first-order valence-electron chi connectivity index (χ1n) is 6.95. The minimum Gasteiger partial charge on any atom is -0.238 e. The van der Waals surface area contributed by atoms with Crippen LogP contribution in [0.5, 0.6) is 0 Å². The van der Waals surface area contributed by atoms with Crippen molar-refractivity contribution in [3.8, 4) is 5.69 Å². The number of hydrogen-bond donors (Lipinski definition) is 0. The van der Waals surface area contributed by atoms with Crippen LogP contribution in [0.25, 0.3) is 5.69 Å². The molecule has 3 rings (SSSR count). The Morgan fingerprint density at radius 3 is 2.44 bits per heavy atom. The smallest absolute Gasteiger partial charge is 0.0649 e. The van der Waals surface area contributed by atoms with Gasteiger partial charge in [0.1, 0.15) is 0 Å². The molecule has 1 aromatic carbocycles. The maximum Gasteiger partial charge on any atom is 0.0649 e. The van der Waals surface area contributed by atoms with E-state index in [-0.39, 0.29) is 0 Å².